The highest BCUT2D eigenvalue weighted by Gasteiger charge is 2.42. The van der Waals surface area contributed by atoms with Gasteiger partial charge in [0, 0.05) is 19.6 Å². The SMILES string of the molecule is NCC1(OC2CCOC3(CCSCC3)C2)CCCCC1. The molecule has 1 unspecified atom stereocenters. The van der Waals surface area contributed by atoms with Crippen molar-refractivity contribution in [1.29, 1.82) is 0 Å². The molecule has 20 heavy (non-hydrogen) atoms. The normalized spacial score (nSPS) is 33.1. The first-order chi connectivity index (χ1) is 9.76. The predicted octanol–water partition coefficient (Wildman–Crippen LogP) is 3.11. The lowest BCUT2D eigenvalue weighted by Gasteiger charge is -2.46. The van der Waals surface area contributed by atoms with Crippen molar-refractivity contribution < 1.29 is 9.47 Å². The number of ether oxygens (including phenoxy) is 2. The monoisotopic (exact) mass is 299 g/mol. The van der Waals surface area contributed by atoms with Crippen LogP contribution < -0.4 is 5.73 Å². The van der Waals surface area contributed by atoms with E-state index >= 15 is 0 Å². The maximum atomic E-state index is 6.58. The molecule has 1 saturated carbocycles. The minimum Gasteiger partial charge on any atom is -0.375 e. The van der Waals surface area contributed by atoms with Gasteiger partial charge >= 0.3 is 0 Å². The second kappa shape index (κ2) is 6.55. The lowest BCUT2D eigenvalue weighted by molar-refractivity contribution is -0.182. The van der Waals surface area contributed by atoms with Crippen molar-refractivity contribution in [3.05, 3.63) is 0 Å². The molecule has 3 aliphatic rings. The average Bonchev–Trinajstić information content (AvgIpc) is 2.49. The van der Waals surface area contributed by atoms with Crippen molar-refractivity contribution in [3.8, 4) is 0 Å². The Kier molecular flexibility index (Phi) is 4.96. The van der Waals surface area contributed by atoms with E-state index < -0.39 is 0 Å². The van der Waals surface area contributed by atoms with Crippen LogP contribution in [-0.4, -0.2) is 42.0 Å². The van der Waals surface area contributed by atoms with E-state index in [4.69, 9.17) is 15.2 Å². The summed E-state index contributed by atoms with van der Waals surface area (Å²) in [5.74, 6) is 2.49. The quantitative estimate of drug-likeness (QED) is 0.869. The van der Waals surface area contributed by atoms with Gasteiger partial charge in [0.05, 0.1) is 17.3 Å². The van der Waals surface area contributed by atoms with Crippen LogP contribution >= 0.6 is 11.8 Å². The molecule has 0 radical (unpaired) electrons. The Balaban J connectivity index is 1.61. The second-order valence-electron chi connectivity index (χ2n) is 6.82. The topological polar surface area (TPSA) is 44.5 Å². The average molecular weight is 299 g/mol. The Morgan fingerprint density at radius 1 is 1.10 bits per heavy atom. The van der Waals surface area contributed by atoms with E-state index in [2.05, 4.69) is 11.8 Å². The highest BCUT2D eigenvalue weighted by Crippen LogP contribution is 2.41. The predicted molar refractivity (Wildman–Crippen MR) is 84.2 cm³/mol. The lowest BCUT2D eigenvalue weighted by Crippen LogP contribution is -2.50. The largest absolute Gasteiger partial charge is 0.375 e. The van der Waals surface area contributed by atoms with E-state index in [0.29, 0.717) is 12.6 Å². The van der Waals surface area contributed by atoms with Crippen molar-refractivity contribution in [2.45, 2.75) is 75.1 Å². The molecule has 2 N–H and O–H groups in total. The summed E-state index contributed by atoms with van der Waals surface area (Å²) in [5, 5.41) is 0. The molecule has 0 aromatic carbocycles. The van der Waals surface area contributed by atoms with Crippen LogP contribution in [0.3, 0.4) is 0 Å². The molecule has 0 amide bonds. The molecular formula is C16H29NO2S. The van der Waals surface area contributed by atoms with Crippen LogP contribution in [0.2, 0.25) is 0 Å². The Labute approximate surface area is 127 Å². The van der Waals surface area contributed by atoms with Crippen LogP contribution in [-0.2, 0) is 9.47 Å². The highest BCUT2D eigenvalue weighted by molar-refractivity contribution is 7.99. The van der Waals surface area contributed by atoms with Gasteiger partial charge in [0.15, 0.2) is 0 Å². The van der Waals surface area contributed by atoms with E-state index in [9.17, 15) is 0 Å². The number of thioether (sulfide) groups is 1. The van der Waals surface area contributed by atoms with Gasteiger partial charge in [0.1, 0.15) is 0 Å². The van der Waals surface area contributed by atoms with Gasteiger partial charge in [-0.15, -0.1) is 0 Å². The number of hydrogen-bond acceptors (Lipinski definition) is 4. The summed E-state index contributed by atoms with van der Waals surface area (Å²) >= 11 is 2.06. The molecule has 0 aromatic rings. The zero-order valence-corrected chi connectivity index (χ0v) is 13.4. The summed E-state index contributed by atoms with van der Waals surface area (Å²) in [5.41, 5.74) is 6.17. The van der Waals surface area contributed by atoms with Gasteiger partial charge in [0.25, 0.3) is 0 Å². The molecule has 2 aliphatic heterocycles. The standard InChI is InChI=1S/C16H29NO2S/c17-13-16(5-2-1-3-6-16)19-14-4-9-18-15(12-14)7-10-20-11-8-15/h14H,1-13,17H2. The number of hydrogen-bond donors (Lipinski definition) is 1. The van der Waals surface area contributed by atoms with Crippen LogP contribution in [0.15, 0.2) is 0 Å². The molecule has 4 heteroatoms. The Morgan fingerprint density at radius 3 is 2.55 bits per heavy atom. The van der Waals surface area contributed by atoms with Gasteiger partial charge in [-0.2, -0.15) is 11.8 Å². The Bertz CT molecular complexity index is 306. The second-order valence-corrected chi connectivity index (χ2v) is 8.05. The molecule has 3 fully saturated rings. The van der Waals surface area contributed by atoms with E-state index in [-0.39, 0.29) is 11.2 Å². The molecule has 0 bridgehead atoms. The smallest absolute Gasteiger partial charge is 0.0807 e. The van der Waals surface area contributed by atoms with Gasteiger partial charge in [-0.3, -0.25) is 0 Å². The number of nitrogens with two attached hydrogens (primary N) is 1. The zero-order valence-electron chi connectivity index (χ0n) is 12.6. The molecule has 1 spiro atoms. The third-order valence-electron chi connectivity index (χ3n) is 5.41. The molecule has 0 aromatic heterocycles. The molecule has 2 saturated heterocycles. The summed E-state index contributed by atoms with van der Waals surface area (Å²) in [6.07, 6.45) is 11.1. The molecule has 1 aliphatic carbocycles. The first-order valence-corrected chi connectivity index (χ1v) is 9.51. The van der Waals surface area contributed by atoms with E-state index in [0.717, 1.165) is 32.3 Å². The van der Waals surface area contributed by atoms with Crippen LogP contribution in [0.1, 0.15) is 57.8 Å². The van der Waals surface area contributed by atoms with Crippen molar-refractivity contribution in [3.63, 3.8) is 0 Å². The van der Waals surface area contributed by atoms with Gasteiger partial charge in [-0.1, -0.05) is 19.3 Å². The number of rotatable bonds is 3. The fraction of sp³-hybridized carbons (Fsp3) is 1.00. The summed E-state index contributed by atoms with van der Waals surface area (Å²) in [6.45, 7) is 1.56. The van der Waals surface area contributed by atoms with Crippen molar-refractivity contribution in [1.82, 2.24) is 0 Å². The van der Waals surface area contributed by atoms with Crippen molar-refractivity contribution >= 4 is 11.8 Å². The fourth-order valence-corrected chi connectivity index (χ4v) is 5.33. The van der Waals surface area contributed by atoms with Crippen LogP contribution in [0.25, 0.3) is 0 Å². The van der Waals surface area contributed by atoms with Gasteiger partial charge in [-0.05, 0) is 43.6 Å². The van der Waals surface area contributed by atoms with E-state index in [1.165, 1.54) is 43.6 Å². The molecule has 2 heterocycles. The van der Waals surface area contributed by atoms with Crippen molar-refractivity contribution in [2.24, 2.45) is 5.73 Å². The lowest BCUT2D eigenvalue weighted by atomic mass is 9.83. The van der Waals surface area contributed by atoms with Crippen LogP contribution in [0.5, 0.6) is 0 Å². The Morgan fingerprint density at radius 2 is 1.85 bits per heavy atom. The van der Waals surface area contributed by atoms with Gasteiger partial charge < -0.3 is 15.2 Å². The third-order valence-corrected chi connectivity index (χ3v) is 6.39. The Hall–Kier alpha value is 0.230. The van der Waals surface area contributed by atoms with Crippen LogP contribution in [0.4, 0.5) is 0 Å². The first-order valence-electron chi connectivity index (χ1n) is 8.36. The summed E-state index contributed by atoms with van der Waals surface area (Å²) in [4.78, 5) is 0. The molecule has 1 atom stereocenters. The molecule has 116 valence electrons. The zero-order chi connectivity index (χ0) is 13.9. The minimum absolute atomic E-state index is 0.0230. The fourth-order valence-electron chi connectivity index (χ4n) is 4.10. The van der Waals surface area contributed by atoms with Gasteiger partial charge in [0.2, 0.25) is 0 Å². The van der Waals surface area contributed by atoms with Gasteiger partial charge in [-0.25, -0.2) is 0 Å². The maximum Gasteiger partial charge on any atom is 0.0807 e. The van der Waals surface area contributed by atoms with Crippen LogP contribution in [0, 0.1) is 0 Å². The van der Waals surface area contributed by atoms with E-state index in [1.807, 2.05) is 0 Å². The summed E-state index contributed by atoms with van der Waals surface area (Å²) < 4.78 is 12.8. The van der Waals surface area contributed by atoms with E-state index in [1.54, 1.807) is 0 Å². The summed E-state index contributed by atoms with van der Waals surface area (Å²) in [7, 11) is 0. The molecular weight excluding hydrogens is 270 g/mol. The first kappa shape index (κ1) is 15.1. The minimum atomic E-state index is -0.0230. The maximum absolute atomic E-state index is 6.58. The van der Waals surface area contributed by atoms with Crippen molar-refractivity contribution in [2.75, 3.05) is 24.7 Å². The molecule has 3 rings (SSSR count). The third kappa shape index (κ3) is 3.34. The highest BCUT2D eigenvalue weighted by atomic mass is 32.2. The molecule has 3 nitrogen and oxygen atoms in total. The summed E-state index contributed by atoms with van der Waals surface area (Å²) in [6, 6.07) is 0.